The highest BCUT2D eigenvalue weighted by molar-refractivity contribution is 7.77. The van der Waals surface area contributed by atoms with Gasteiger partial charge in [0.05, 0.1) is 11.4 Å². The zero-order chi connectivity index (χ0) is 25.1. The topological polar surface area (TPSA) is 135 Å². The van der Waals surface area contributed by atoms with E-state index in [9.17, 15) is 18.7 Å². The fourth-order valence-electron chi connectivity index (χ4n) is 3.64. The Morgan fingerprint density at radius 2 is 1.80 bits per heavy atom. The van der Waals surface area contributed by atoms with Crippen LogP contribution in [0, 0.1) is 20.8 Å². The molecule has 0 radical (unpaired) electrons. The maximum absolute atomic E-state index is 13.0. The fourth-order valence-corrected chi connectivity index (χ4v) is 3.93. The van der Waals surface area contributed by atoms with Crippen molar-refractivity contribution >= 4 is 22.6 Å². The van der Waals surface area contributed by atoms with Gasteiger partial charge in [-0.05, 0) is 67.3 Å². The minimum atomic E-state index is -2.37. The van der Waals surface area contributed by atoms with E-state index in [-0.39, 0.29) is 29.2 Å². The number of benzene rings is 3. The maximum Gasteiger partial charge on any atom is 0.299 e. The third kappa shape index (κ3) is 5.29. The number of rotatable bonds is 7. The summed E-state index contributed by atoms with van der Waals surface area (Å²) in [5.74, 6) is -0.101. The second-order valence-corrected chi connectivity index (χ2v) is 8.88. The molecule has 9 nitrogen and oxygen atoms in total. The quantitative estimate of drug-likeness (QED) is 0.254. The zero-order valence-corrected chi connectivity index (χ0v) is 20.2. The Morgan fingerprint density at radius 1 is 1.03 bits per heavy atom. The van der Waals surface area contributed by atoms with E-state index in [2.05, 4.69) is 20.0 Å². The van der Waals surface area contributed by atoms with Crippen LogP contribution in [0.1, 0.15) is 22.4 Å². The third-order valence-corrected chi connectivity index (χ3v) is 6.07. The number of aromatic hydroxyl groups is 1. The summed E-state index contributed by atoms with van der Waals surface area (Å²) in [5.41, 5.74) is 5.35. The molecule has 0 saturated heterocycles. The summed E-state index contributed by atoms with van der Waals surface area (Å²) >= 11 is -2.37. The SMILES string of the molecule is Cc1ccc(-n2[nH]c(C)c(N=Nc3cccc(-c4cccc(CNS(=O)[O-])c4)c3O)c2=O)cc1C. The predicted molar refractivity (Wildman–Crippen MR) is 134 cm³/mol. The van der Waals surface area contributed by atoms with Crippen LogP contribution in [-0.4, -0.2) is 23.6 Å². The van der Waals surface area contributed by atoms with Crippen molar-refractivity contribution in [1.82, 2.24) is 14.5 Å². The molecular formula is C25H24N5O4S-. The van der Waals surface area contributed by atoms with Crippen molar-refractivity contribution in [1.29, 1.82) is 0 Å². The highest BCUT2D eigenvalue weighted by Crippen LogP contribution is 2.38. The Labute approximate surface area is 204 Å². The van der Waals surface area contributed by atoms with Gasteiger partial charge < -0.3 is 9.66 Å². The largest absolute Gasteiger partial charge is 0.760 e. The first kappa shape index (κ1) is 24.3. The van der Waals surface area contributed by atoms with Gasteiger partial charge in [0, 0.05) is 23.4 Å². The van der Waals surface area contributed by atoms with Gasteiger partial charge in [0.2, 0.25) is 0 Å². The van der Waals surface area contributed by atoms with Crippen LogP contribution in [0.3, 0.4) is 0 Å². The number of aryl methyl sites for hydroxylation is 3. The molecule has 180 valence electrons. The lowest BCUT2D eigenvalue weighted by Crippen LogP contribution is -2.15. The Kier molecular flexibility index (Phi) is 7.06. The lowest BCUT2D eigenvalue weighted by Gasteiger charge is -2.10. The van der Waals surface area contributed by atoms with Crippen molar-refractivity contribution in [2.24, 2.45) is 10.2 Å². The van der Waals surface area contributed by atoms with Crippen molar-refractivity contribution < 1.29 is 13.9 Å². The van der Waals surface area contributed by atoms with Gasteiger partial charge in [-0.2, -0.15) is 0 Å². The summed E-state index contributed by atoms with van der Waals surface area (Å²) < 4.78 is 25.3. The van der Waals surface area contributed by atoms with Crippen molar-refractivity contribution in [3.05, 3.63) is 93.4 Å². The number of nitrogens with one attached hydrogen (secondary N) is 2. The van der Waals surface area contributed by atoms with Crippen LogP contribution in [0.25, 0.3) is 16.8 Å². The van der Waals surface area contributed by atoms with Gasteiger partial charge in [-0.25, -0.2) is 9.40 Å². The Bertz CT molecular complexity index is 1510. The standard InChI is InChI=1S/C25H25N5O4S/c1-15-10-11-20(12-16(15)2)30-25(32)23(17(3)29-30)28-27-22-9-5-8-21(24(22)31)19-7-4-6-18(13-19)14-26-35(33)34/h4-13,26,29,31H,14H2,1-3H3,(H,33,34)/p-1. The van der Waals surface area contributed by atoms with Gasteiger partial charge >= 0.3 is 0 Å². The number of aromatic nitrogens is 2. The molecule has 10 heteroatoms. The first-order valence-corrected chi connectivity index (χ1v) is 11.9. The van der Waals surface area contributed by atoms with Crippen LogP contribution in [0.5, 0.6) is 5.75 Å². The molecule has 4 rings (SSSR count). The number of hydrogen-bond acceptors (Lipinski definition) is 6. The minimum Gasteiger partial charge on any atom is -0.760 e. The fraction of sp³-hybridized carbons (Fsp3) is 0.160. The zero-order valence-electron chi connectivity index (χ0n) is 19.4. The number of azo groups is 1. The highest BCUT2D eigenvalue weighted by atomic mass is 32.2. The molecule has 0 amide bonds. The third-order valence-electron chi connectivity index (χ3n) is 5.69. The number of aromatic amines is 1. The van der Waals surface area contributed by atoms with Gasteiger partial charge in [0.25, 0.3) is 5.56 Å². The molecular weight excluding hydrogens is 466 g/mol. The Morgan fingerprint density at radius 3 is 2.54 bits per heavy atom. The molecule has 4 aromatic rings. The lowest BCUT2D eigenvalue weighted by atomic mass is 10.0. The van der Waals surface area contributed by atoms with E-state index in [1.165, 1.54) is 4.68 Å². The summed E-state index contributed by atoms with van der Waals surface area (Å²) in [6, 6.07) is 17.9. The maximum atomic E-state index is 13.0. The molecule has 0 aliphatic rings. The number of para-hydroxylation sites is 1. The summed E-state index contributed by atoms with van der Waals surface area (Å²) in [5, 5.41) is 22.2. The van der Waals surface area contributed by atoms with E-state index < -0.39 is 11.3 Å². The average molecular weight is 491 g/mol. The van der Waals surface area contributed by atoms with Crippen molar-refractivity contribution in [2.75, 3.05) is 0 Å². The molecule has 3 aromatic carbocycles. The predicted octanol–water partition coefficient (Wildman–Crippen LogP) is 4.76. The molecule has 1 heterocycles. The molecule has 35 heavy (non-hydrogen) atoms. The highest BCUT2D eigenvalue weighted by Gasteiger charge is 2.14. The number of H-pyrrole nitrogens is 1. The van der Waals surface area contributed by atoms with Gasteiger partial charge in [0.1, 0.15) is 5.69 Å². The molecule has 1 atom stereocenters. The van der Waals surface area contributed by atoms with Crippen molar-refractivity contribution in [3.8, 4) is 22.6 Å². The number of phenolic OH excluding ortho intramolecular Hbond substituents is 1. The van der Waals surface area contributed by atoms with E-state index >= 15 is 0 Å². The number of hydrogen-bond donors (Lipinski definition) is 3. The van der Waals surface area contributed by atoms with Crippen LogP contribution in [-0.2, 0) is 17.8 Å². The van der Waals surface area contributed by atoms with E-state index in [0.29, 0.717) is 22.5 Å². The van der Waals surface area contributed by atoms with Crippen LogP contribution < -0.4 is 10.3 Å². The van der Waals surface area contributed by atoms with Crippen LogP contribution in [0.15, 0.2) is 75.7 Å². The van der Waals surface area contributed by atoms with Gasteiger partial charge in [-0.1, -0.05) is 36.4 Å². The second-order valence-electron chi connectivity index (χ2n) is 8.12. The van der Waals surface area contributed by atoms with Gasteiger partial charge in [0.15, 0.2) is 11.4 Å². The van der Waals surface area contributed by atoms with E-state index in [1.807, 2.05) is 32.0 Å². The molecule has 0 bridgehead atoms. The molecule has 1 unspecified atom stereocenters. The molecule has 0 aliphatic heterocycles. The summed E-state index contributed by atoms with van der Waals surface area (Å²) in [6.45, 7) is 5.85. The average Bonchev–Trinajstić information content (AvgIpc) is 3.12. The summed E-state index contributed by atoms with van der Waals surface area (Å²) in [7, 11) is 0. The molecule has 0 fully saturated rings. The van der Waals surface area contributed by atoms with E-state index in [0.717, 1.165) is 16.7 Å². The second kappa shape index (κ2) is 10.2. The monoisotopic (exact) mass is 490 g/mol. The minimum absolute atomic E-state index is 0.101. The molecule has 3 N–H and O–H groups in total. The summed E-state index contributed by atoms with van der Waals surface area (Å²) in [6.07, 6.45) is 0. The summed E-state index contributed by atoms with van der Waals surface area (Å²) in [4.78, 5) is 13.0. The first-order chi connectivity index (χ1) is 16.7. The van der Waals surface area contributed by atoms with Gasteiger partial charge in [-0.15, -0.1) is 10.2 Å². The Hall–Kier alpha value is -3.86. The normalized spacial score (nSPS) is 12.3. The van der Waals surface area contributed by atoms with Crippen molar-refractivity contribution in [2.45, 2.75) is 27.3 Å². The number of phenols is 1. The van der Waals surface area contributed by atoms with Gasteiger partial charge in [-0.3, -0.25) is 14.1 Å². The number of nitrogens with zero attached hydrogens (tertiary/aromatic N) is 3. The molecule has 1 aromatic heterocycles. The van der Waals surface area contributed by atoms with Crippen molar-refractivity contribution in [3.63, 3.8) is 0 Å². The molecule has 0 spiro atoms. The Balaban J connectivity index is 1.65. The van der Waals surface area contributed by atoms with E-state index in [4.69, 9.17) is 0 Å². The lowest BCUT2D eigenvalue weighted by molar-refractivity contribution is 0.478. The smallest absolute Gasteiger partial charge is 0.299 e. The van der Waals surface area contributed by atoms with Crippen LogP contribution >= 0.6 is 0 Å². The van der Waals surface area contributed by atoms with E-state index in [1.54, 1.807) is 49.4 Å². The van der Waals surface area contributed by atoms with Crippen LogP contribution in [0.2, 0.25) is 0 Å². The van der Waals surface area contributed by atoms with Crippen LogP contribution in [0.4, 0.5) is 11.4 Å². The first-order valence-electron chi connectivity index (χ1n) is 10.8. The molecule has 0 aliphatic carbocycles. The molecule has 0 saturated carbocycles.